The first-order valence-corrected chi connectivity index (χ1v) is 19.4. The van der Waals surface area contributed by atoms with E-state index in [2.05, 4.69) is 27.8 Å². The first kappa shape index (κ1) is 38.9. The number of esters is 1. The molecule has 0 radical (unpaired) electrons. The standard InChI is InChI=1S/C40H61N5O6/c1-29(34-19-21-41-38(42-34)44-22-9-10-23-44)12-11-13-30(2)37-31(3)16-17-35(40(4,49)20-18-33(46)28-36(47)51-37)50-39(48)45-26-24-43(25-27-45)32-14-7-5-6-8-15-32/h11-13,16-17,19,21,29,31-33,35,37,46,49H,5-10,14-15,18,20,22-28H2,1-4H3/b12-11+,17-16-,30-13+/t29?,31-,33+,35-,37+,40+/m0/s1. The van der Waals surface area contributed by atoms with E-state index in [-0.39, 0.29) is 31.1 Å². The van der Waals surface area contributed by atoms with Crippen molar-refractivity contribution in [2.24, 2.45) is 5.92 Å². The number of carbonyl (C=O) groups excluding carboxylic acids is 2. The molecule has 5 rings (SSSR count). The number of hydrogen-bond donors (Lipinski definition) is 2. The Balaban J connectivity index is 1.26. The fourth-order valence-electron chi connectivity index (χ4n) is 7.78. The van der Waals surface area contributed by atoms with Crippen LogP contribution in [0.15, 0.2) is 48.2 Å². The molecule has 0 aromatic carbocycles. The van der Waals surface area contributed by atoms with Crippen LogP contribution in [0.4, 0.5) is 10.7 Å². The van der Waals surface area contributed by atoms with E-state index in [9.17, 15) is 19.8 Å². The summed E-state index contributed by atoms with van der Waals surface area (Å²) in [4.78, 5) is 42.2. The van der Waals surface area contributed by atoms with Crippen molar-refractivity contribution < 1.29 is 29.3 Å². The van der Waals surface area contributed by atoms with Crippen molar-refractivity contribution >= 4 is 18.0 Å². The molecule has 1 amide bonds. The lowest BCUT2D eigenvalue weighted by Crippen LogP contribution is -2.53. The van der Waals surface area contributed by atoms with E-state index in [0.717, 1.165) is 56.2 Å². The fourth-order valence-corrected chi connectivity index (χ4v) is 7.78. The lowest BCUT2D eigenvalue weighted by Gasteiger charge is -2.40. The van der Waals surface area contributed by atoms with Crippen LogP contribution in [0.3, 0.4) is 0 Å². The molecule has 4 heterocycles. The van der Waals surface area contributed by atoms with Crippen LogP contribution in [-0.2, 0) is 14.3 Å². The van der Waals surface area contributed by atoms with Gasteiger partial charge in [0, 0.05) is 63.3 Å². The summed E-state index contributed by atoms with van der Waals surface area (Å²) in [7, 11) is 0. The largest absolute Gasteiger partial charge is 0.457 e. The van der Waals surface area contributed by atoms with Gasteiger partial charge in [0.25, 0.3) is 0 Å². The number of aromatic nitrogens is 2. The minimum absolute atomic E-state index is 0.0437. The summed E-state index contributed by atoms with van der Waals surface area (Å²) < 4.78 is 12.0. The van der Waals surface area contributed by atoms with Gasteiger partial charge in [-0.25, -0.2) is 14.8 Å². The van der Waals surface area contributed by atoms with Crippen LogP contribution in [0.5, 0.6) is 0 Å². The zero-order valence-corrected chi connectivity index (χ0v) is 31.3. The third-order valence-corrected chi connectivity index (χ3v) is 11.2. The number of aliphatic hydroxyl groups excluding tert-OH is 1. The Morgan fingerprint density at radius 1 is 1.04 bits per heavy atom. The van der Waals surface area contributed by atoms with Crippen molar-refractivity contribution in [3.63, 3.8) is 0 Å². The molecule has 0 spiro atoms. The van der Waals surface area contributed by atoms with Gasteiger partial charge in [0.2, 0.25) is 5.95 Å². The molecule has 11 heteroatoms. The molecule has 2 N–H and O–H groups in total. The summed E-state index contributed by atoms with van der Waals surface area (Å²) in [6, 6.07) is 2.53. The van der Waals surface area contributed by atoms with Crippen molar-refractivity contribution in [1.82, 2.24) is 19.8 Å². The summed E-state index contributed by atoms with van der Waals surface area (Å²) in [6.45, 7) is 12.4. The quantitative estimate of drug-likeness (QED) is 0.152. The van der Waals surface area contributed by atoms with Crippen LogP contribution in [0, 0.1) is 5.92 Å². The zero-order valence-electron chi connectivity index (χ0n) is 31.3. The summed E-state index contributed by atoms with van der Waals surface area (Å²) >= 11 is 0. The Morgan fingerprint density at radius 3 is 2.45 bits per heavy atom. The van der Waals surface area contributed by atoms with Crippen molar-refractivity contribution in [3.8, 4) is 0 Å². The second-order valence-corrected chi connectivity index (χ2v) is 15.4. The van der Waals surface area contributed by atoms with Gasteiger partial charge in [-0.15, -0.1) is 0 Å². The molecule has 1 aromatic heterocycles. The van der Waals surface area contributed by atoms with Crippen LogP contribution >= 0.6 is 0 Å². The lowest BCUT2D eigenvalue weighted by atomic mass is 9.88. The molecular formula is C40H61N5O6. The summed E-state index contributed by atoms with van der Waals surface area (Å²) in [5, 5.41) is 22.3. The van der Waals surface area contributed by atoms with E-state index in [1.165, 1.54) is 38.5 Å². The molecule has 3 aliphatic heterocycles. The average Bonchev–Trinajstić information content (AvgIpc) is 3.53. The van der Waals surface area contributed by atoms with Crippen molar-refractivity contribution in [2.75, 3.05) is 44.2 Å². The van der Waals surface area contributed by atoms with Gasteiger partial charge in [-0.05, 0) is 70.1 Å². The van der Waals surface area contributed by atoms with Gasteiger partial charge < -0.3 is 29.5 Å². The second kappa shape index (κ2) is 18.5. The highest BCUT2D eigenvalue weighted by molar-refractivity contribution is 5.70. The molecule has 4 aliphatic rings. The SMILES string of the molecule is C/C(=C\C=C\C(C)c1ccnc(N2CCCC2)n1)[C@H]1OC(=O)C[C@H](O)CC[C@@](C)(O)[C@@H](OC(=O)N2CCN(C3CCCCCC3)CC2)/C=C\[C@@H]1C. The summed E-state index contributed by atoms with van der Waals surface area (Å²) in [6.07, 6.45) is 18.4. The van der Waals surface area contributed by atoms with Gasteiger partial charge in [-0.1, -0.05) is 63.8 Å². The van der Waals surface area contributed by atoms with Gasteiger partial charge in [0.1, 0.15) is 11.7 Å². The summed E-state index contributed by atoms with van der Waals surface area (Å²) in [5.41, 5.74) is 0.307. The van der Waals surface area contributed by atoms with Gasteiger partial charge in [-0.2, -0.15) is 0 Å². The van der Waals surface area contributed by atoms with Gasteiger partial charge in [-0.3, -0.25) is 9.69 Å². The number of ether oxygens (including phenoxy) is 2. The minimum Gasteiger partial charge on any atom is -0.457 e. The van der Waals surface area contributed by atoms with Crippen LogP contribution in [0.1, 0.15) is 110 Å². The number of carbonyl (C=O) groups is 2. The van der Waals surface area contributed by atoms with E-state index in [1.54, 1.807) is 17.9 Å². The maximum Gasteiger partial charge on any atom is 0.410 e. The zero-order chi connectivity index (χ0) is 36.4. The third kappa shape index (κ3) is 11.1. The Bertz CT molecular complexity index is 1370. The highest BCUT2D eigenvalue weighted by Gasteiger charge is 2.37. The number of hydrogen-bond acceptors (Lipinski definition) is 10. The first-order valence-electron chi connectivity index (χ1n) is 19.4. The monoisotopic (exact) mass is 707 g/mol. The van der Waals surface area contributed by atoms with E-state index in [1.807, 2.05) is 44.3 Å². The summed E-state index contributed by atoms with van der Waals surface area (Å²) in [5.74, 6) is 0.00897. The van der Waals surface area contributed by atoms with Gasteiger partial charge in [0.05, 0.1) is 18.2 Å². The van der Waals surface area contributed by atoms with E-state index >= 15 is 0 Å². The molecule has 1 aromatic rings. The first-order chi connectivity index (χ1) is 24.5. The van der Waals surface area contributed by atoms with Crippen LogP contribution in [0.2, 0.25) is 0 Å². The fraction of sp³-hybridized carbons (Fsp3) is 0.700. The van der Waals surface area contributed by atoms with Crippen LogP contribution in [-0.4, -0.2) is 111 Å². The predicted molar refractivity (Wildman–Crippen MR) is 198 cm³/mol. The Labute approximate surface area is 304 Å². The highest BCUT2D eigenvalue weighted by Crippen LogP contribution is 2.29. The molecule has 2 saturated heterocycles. The van der Waals surface area contributed by atoms with Crippen molar-refractivity contribution in [1.29, 1.82) is 0 Å². The number of cyclic esters (lactones) is 1. The molecule has 3 fully saturated rings. The normalized spacial score (nSPS) is 31.0. The average molecular weight is 708 g/mol. The van der Waals surface area contributed by atoms with Crippen LogP contribution < -0.4 is 4.90 Å². The highest BCUT2D eigenvalue weighted by atomic mass is 16.6. The number of amides is 1. The topological polar surface area (TPSA) is 129 Å². The second-order valence-electron chi connectivity index (χ2n) is 15.4. The number of anilines is 1. The van der Waals surface area contributed by atoms with E-state index in [0.29, 0.717) is 19.1 Å². The smallest absolute Gasteiger partial charge is 0.410 e. The maximum atomic E-state index is 13.5. The number of rotatable bonds is 7. The van der Waals surface area contributed by atoms with Crippen molar-refractivity contribution in [3.05, 3.63) is 53.9 Å². The minimum atomic E-state index is -1.45. The third-order valence-electron chi connectivity index (χ3n) is 11.2. The van der Waals surface area contributed by atoms with Crippen LogP contribution in [0.25, 0.3) is 0 Å². The molecule has 1 unspecified atom stereocenters. The number of nitrogens with zero attached hydrogens (tertiary/aromatic N) is 5. The van der Waals surface area contributed by atoms with Gasteiger partial charge in [0.15, 0.2) is 6.10 Å². The van der Waals surface area contributed by atoms with Gasteiger partial charge >= 0.3 is 12.1 Å². The molecule has 1 aliphatic carbocycles. The number of aliphatic hydroxyl groups is 2. The molecule has 6 atom stereocenters. The van der Waals surface area contributed by atoms with E-state index < -0.39 is 36.0 Å². The Hall–Kier alpha value is -3.28. The predicted octanol–water partition coefficient (Wildman–Crippen LogP) is 5.93. The lowest BCUT2D eigenvalue weighted by molar-refractivity contribution is -0.151. The Morgan fingerprint density at radius 2 is 1.75 bits per heavy atom. The number of allylic oxidation sites excluding steroid dienone is 3. The Kier molecular flexibility index (Phi) is 14.1. The van der Waals surface area contributed by atoms with Crippen molar-refractivity contribution in [2.45, 2.75) is 134 Å². The maximum absolute atomic E-state index is 13.5. The molecular weight excluding hydrogens is 646 g/mol. The molecule has 0 bridgehead atoms. The number of piperazine rings is 1. The molecule has 51 heavy (non-hydrogen) atoms. The van der Waals surface area contributed by atoms with E-state index in [4.69, 9.17) is 14.5 Å². The molecule has 282 valence electrons. The molecule has 1 saturated carbocycles. The molecule has 11 nitrogen and oxygen atoms in total.